The first-order chi connectivity index (χ1) is 9.05. The Balaban J connectivity index is 2.10. The summed E-state index contributed by atoms with van der Waals surface area (Å²) < 4.78 is 23.5. The number of nitrogens with one attached hydrogen (secondary N) is 2. The average Bonchev–Trinajstić information content (AvgIpc) is 2.82. The zero-order valence-electron chi connectivity index (χ0n) is 10.5. The van der Waals surface area contributed by atoms with E-state index in [-0.39, 0.29) is 10.9 Å². The van der Waals surface area contributed by atoms with E-state index in [2.05, 4.69) is 15.3 Å². The van der Waals surface area contributed by atoms with E-state index in [0.717, 1.165) is 29.4 Å². The Bertz CT molecular complexity index is 703. The highest BCUT2D eigenvalue weighted by molar-refractivity contribution is 7.99. The fourth-order valence-electron chi connectivity index (χ4n) is 2.23. The van der Waals surface area contributed by atoms with Crippen molar-refractivity contribution in [2.24, 2.45) is 0 Å². The first-order valence-electron chi connectivity index (χ1n) is 6.05. The van der Waals surface area contributed by atoms with Crippen molar-refractivity contribution in [2.45, 2.75) is 10.9 Å². The van der Waals surface area contributed by atoms with Gasteiger partial charge in [-0.25, -0.2) is 13.4 Å². The standard InChI is InChI=1S/C12H15N3O2S2/c1-19(16,17)10-4-2-3-8-11(10)15-12(14-8)9-7-18-6-5-13-9/h2-4,9,13H,5-7H2,1H3,(H,14,15). The van der Waals surface area contributed by atoms with Crippen LogP contribution in [0.15, 0.2) is 23.1 Å². The molecule has 1 saturated heterocycles. The van der Waals surface area contributed by atoms with Crippen LogP contribution in [-0.2, 0) is 9.84 Å². The van der Waals surface area contributed by atoms with Crippen molar-refractivity contribution in [2.75, 3.05) is 24.3 Å². The molecule has 5 nitrogen and oxygen atoms in total. The number of hydrogen-bond donors (Lipinski definition) is 2. The van der Waals surface area contributed by atoms with E-state index >= 15 is 0 Å². The molecule has 1 aromatic carbocycles. The summed E-state index contributed by atoms with van der Waals surface area (Å²) in [5, 5.41) is 3.39. The second-order valence-corrected chi connectivity index (χ2v) is 7.76. The Kier molecular flexibility index (Phi) is 3.28. The lowest BCUT2D eigenvalue weighted by Gasteiger charge is -2.20. The summed E-state index contributed by atoms with van der Waals surface area (Å²) in [7, 11) is -3.25. The molecule has 0 radical (unpaired) electrons. The molecule has 0 aliphatic carbocycles. The molecule has 2 heterocycles. The maximum atomic E-state index is 11.8. The molecule has 0 bridgehead atoms. The van der Waals surface area contributed by atoms with Gasteiger partial charge in [0.1, 0.15) is 11.3 Å². The lowest BCUT2D eigenvalue weighted by atomic mass is 10.3. The number of H-pyrrole nitrogens is 1. The van der Waals surface area contributed by atoms with E-state index in [4.69, 9.17) is 0 Å². The molecular formula is C12H15N3O2S2. The van der Waals surface area contributed by atoms with Crippen molar-refractivity contribution >= 4 is 32.6 Å². The Hall–Kier alpha value is -1.05. The largest absolute Gasteiger partial charge is 0.341 e. The smallest absolute Gasteiger partial charge is 0.177 e. The van der Waals surface area contributed by atoms with E-state index in [9.17, 15) is 8.42 Å². The molecule has 0 saturated carbocycles. The Labute approximate surface area is 116 Å². The van der Waals surface area contributed by atoms with Gasteiger partial charge < -0.3 is 10.3 Å². The molecule has 1 fully saturated rings. The minimum absolute atomic E-state index is 0.165. The van der Waals surface area contributed by atoms with Crippen LogP contribution in [0.1, 0.15) is 11.9 Å². The van der Waals surface area contributed by atoms with Gasteiger partial charge in [0.15, 0.2) is 9.84 Å². The third-order valence-electron chi connectivity index (χ3n) is 3.15. The van der Waals surface area contributed by atoms with Gasteiger partial charge in [0.2, 0.25) is 0 Å². The molecule has 1 atom stereocenters. The number of para-hydroxylation sites is 1. The van der Waals surface area contributed by atoms with Crippen LogP contribution in [-0.4, -0.2) is 42.7 Å². The van der Waals surface area contributed by atoms with Crippen LogP contribution in [0.25, 0.3) is 11.0 Å². The summed E-state index contributed by atoms with van der Waals surface area (Å²) in [6.07, 6.45) is 1.21. The molecule has 1 aliphatic heterocycles. The van der Waals surface area contributed by atoms with Crippen molar-refractivity contribution in [1.29, 1.82) is 0 Å². The number of aromatic amines is 1. The number of sulfone groups is 1. The van der Waals surface area contributed by atoms with Gasteiger partial charge in [-0.2, -0.15) is 11.8 Å². The first kappa shape index (κ1) is 13.0. The lowest BCUT2D eigenvalue weighted by Crippen LogP contribution is -2.30. The van der Waals surface area contributed by atoms with Gasteiger partial charge in [-0.1, -0.05) is 6.07 Å². The highest BCUT2D eigenvalue weighted by atomic mass is 32.2. The predicted octanol–water partition coefficient (Wildman–Crippen LogP) is 1.34. The number of hydrogen-bond acceptors (Lipinski definition) is 5. The molecule has 1 aromatic heterocycles. The Morgan fingerprint density at radius 3 is 2.95 bits per heavy atom. The van der Waals surface area contributed by atoms with Gasteiger partial charge >= 0.3 is 0 Å². The third kappa shape index (κ3) is 2.50. The number of aromatic nitrogens is 2. The van der Waals surface area contributed by atoms with E-state index < -0.39 is 9.84 Å². The van der Waals surface area contributed by atoms with E-state index in [1.54, 1.807) is 12.1 Å². The number of rotatable bonds is 2. The molecule has 0 amide bonds. The minimum atomic E-state index is -3.25. The maximum Gasteiger partial charge on any atom is 0.177 e. The van der Waals surface area contributed by atoms with Gasteiger partial charge in [-0.15, -0.1) is 0 Å². The van der Waals surface area contributed by atoms with Crippen LogP contribution in [0.3, 0.4) is 0 Å². The van der Waals surface area contributed by atoms with Gasteiger partial charge in [-0.05, 0) is 12.1 Å². The Morgan fingerprint density at radius 2 is 2.26 bits per heavy atom. The van der Waals surface area contributed by atoms with Crippen LogP contribution in [0.5, 0.6) is 0 Å². The third-order valence-corrected chi connectivity index (χ3v) is 5.34. The van der Waals surface area contributed by atoms with E-state index in [0.29, 0.717) is 5.52 Å². The van der Waals surface area contributed by atoms with Crippen molar-refractivity contribution in [3.05, 3.63) is 24.0 Å². The fraction of sp³-hybridized carbons (Fsp3) is 0.417. The van der Waals surface area contributed by atoms with Gasteiger partial charge in [0.05, 0.1) is 16.5 Å². The summed E-state index contributed by atoms with van der Waals surface area (Å²) in [5.74, 6) is 2.87. The van der Waals surface area contributed by atoms with Crippen LogP contribution >= 0.6 is 11.8 Å². The predicted molar refractivity (Wildman–Crippen MR) is 77.3 cm³/mol. The zero-order chi connectivity index (χ0) is 13.5. The number of nitrogens with zero attached hydrogens (tertiary/aromatic N) is 1. The summed E-state index contributed by atoms with van der Waals surface area (Å²) in [6.45, 7) is 0.950. The molecule has 1 unspecified atom stereocenters. The molecule has 2 N–H and O–H groups in total. The molecule has 2 aromatic rings. The molecule has 19 heavy (non-hydrogen) atoms. The van der Waals surface area contributed by atoms with Crippen molar-refractivity contribution in [3.63, 3.8) is 0 Å². The number of thioether (sulfide) groups is 1. The highest BCUT2D eigenvalue weighted by Gasteiger charge is 2.21. The number of benzene rings is 1. The normalized spacial score (nSPS) is 20.8. The summed E-state index contributed by atoms with van der Waals surface area (Å²) >= 11 is 1.88. The van der Waals surface area contributed by atoms with Crippen LogP contribution in [0.2, 0.25) is 0 Å². The molecule has 1 aliphatic rings. The van der Waals surface area contributed by atoms with Crippen molar-refractivity contribution in [1.82, 2.24) is 15.3 Å². The maximum absolute atomic E-state index is 11.8. The molecular weight excluding hydrogens is 282 g/mol. The summed E-state index contributed by atoms with van der Waals surface area (Å²) in [5.41, 5.74) is 1.31. The van der Waals surface area contributed by atoms with Crippen LogP contribution < -0.4 is 5.32 Å². The number of fused-ring (bicyclic) bond motifs is 1. The van der Waals surface area contributed by atoms with Crippen LogP contribution in [0.4, 0.5) is 0 Å². The second kappa shape index (κ2) is 4.81. The lowest BCUT2D eigenvalue weighted by molar-refractivity contribution is 0.570. The summed E-state index contributed by atoms with van der Waals surface area (Å²) in [6, 6.07) is 5.37. The molecule has 0 spiro atoms. The second-order valence-electron chi connectivity index (χ2n) is 4.63. The average molecular weight is 297 g/mol. The van der Waals surface area contributed by atoms with Crippen LogP contribution in [0, 0.1) is 0 Å². The quantitative estimate of drug-likeness (QED) is 0.875. The van der Waals surface area contributed by atoms with Crippen molar-refractivity contribution in [3.8, 4) is 0 Å². The molecule has 102 valence electrons. The minimum Gasteiger partial charge on any atom is -0.341 e. The fourth-order valence-corrected chi connectivity index (χ4v) is 4.00. The SMILES string of the molecule is CS(=O)(=O)c1cccc2[nH]c(C3CSCCN3)nc12. The van der Waals surface area contributed by atoms with E-state index in [1.807, 2.05) is 17.8 Å². The number of imidazole rings is 1. The highest BCUT2D eigenvalue weighted by Crippen LogP contribution is 2.25. The van der Waals surface area contributed by atoms with Crippen molar-refractivity contribution < 1.29 is 8.42 Å². The van der Waals surface area contributed by atoms with Gasteiger partial charge in [0.25, 0.3) is 0 Å². The Morgan fingerprint density at radius 1 is 1.42 bits per heavy atom. The summed E-state index contributed by atoms with van der Waals surface area (Å²) in [4.78, 5) is 8.01. The monoisotopic (exact) mass is 297 g/mol. The van der Waals surface area contributed by atoms with Gasteiger partial charge in [0, 0.05) is 24.3 Å². The van der Waals surface area contributed by atoms with E-state index in [1.165, 1.54) is 6.26 Å². The molecule has 3 rings (SSSR count). The molecule has 7 heteroatoms. The topological polar surface area (TPSA) is 74.8 Å². The van der Waals surface area contributed by atoms with Gasteiger partial charge in [-0.3, -0.25) is 0 Å². The zero-order valence-corrected chi connectivity index (χ0v) is 12.1. The first-order valence-corrected chi connectivity index (χ1v) is 9.10.